The van der Waals surface area contributed by atoms with Crippen LogP contribution in [0.1, 0.15) is 50.3 Å². The molecule has 1 aromatic carbocycles. The van der Waals surface area contributed by atoms with Gasteiger partial charge in [0, 0.05) is 12.2 Å². The van der Waals surface area contributed by atoms with E-state index in [0.29, 0.717) is 11.7 Å². The molecule has 178 valence electrons. The molecule has 1 aliphatic carbocycles. The zero-order chi connectivity index (χ0) is 24.1. The van der Waals surface area contributed by atoms with Crippen LogP contribution in [0.25, 0.3) is 0 Å². The van der Waals surface area contributed by atoms with Crippen LogP contribution in [0.3, 0.4) is 0 Å². The molecule has 7 heteroatoms. The number of allylic oxidation sites excluding steroid dienone is 2. The van der Waals surface area contributed by atoms with E-state index >= 15 is 0 Å². The molecule has 4 nitrogen and oxygen atoms in total. The fraction of sp³-hybridized carbons (Fsp3) is 0.346. The summed E-state index contributed by atoms with van der Waals surface area (Å²) < 4.78 is 39.5. The summed E-state index contributed by atoms with van der Waals surface area (Å²) in [6, 6.07) is 12.1. The molecule has 1 aliphatic rings. The van der Waals surface area contributed by atoms with E-state index in [1.807, 2.05) is 12.1 Å². The molecule has 0 saturated heterocycles. The van der Waals surface area contributed by atoms with Gasteiger partial charge in [0.2, 0.25) is 0 Å². The van der Waals surface area contributed by atoms with E-state index < -0.39 is 6.43 Å². The maximum absolute atomic E-state index is 13.2. The lowest BCUT2D eigenvalue weighted by Gasteiger charge is -2.31. The lowest BCUT2D eigenvalue weighted by atomic mass is 9.79. The summed E-state index contributed by atoms with van der Waals surface area (Å²) in [5, 5.41) is 3.38. The number of aromatic amines is 1. The molecule has 1 heterocycles. The fourth-order valence-corrected chi connectivity index (χ4v) is 3.95. The number of hydrogen-bond acceptors (Lipinski definition) is 3. The Morgan fingerprint density at radius 3 is 2.45 bits per heavy atom. The number of alkyl halides is 2. The molecule has 1 saturated carbocycles. The van der Waals surface area contributed by atoms with Crippen LogP contribution in [0.2, 0.25) is 0 Å². The molecular weight excluding hydrogens is 425 g/mol. The summed E-state index contributed by atoms with van der Waals surface area (Å²) in [5.41, 5.74) is 6.88. The minimum Gasteiger partial charge on any atom is -0.405 e. The highest BCUT2D eigenvalue weighted by Crippen LogP contribution is 2.33. The van der Waals surface area contributed by atoms with E-state index in [1.165, 1.54) is 30.1 Å². The molecule has 33 heavy (non-hydrogen) atoms. The van der Waals surface area contributed by atoms with Crippen LogP contribution in [0.5, 0.6) is 0 Å². The fourth-order valence-electron chi connectivity index (χ4n) is 3.95. The number of aromatic nitrogens is 2. The number of hydrogen-bond donors (Lipinski definition) is 3. The van der Waals surface area contributed by atoms with Crippen LogP contribution in [-0.2, 0) is 6.42 Å². The van der Waals surface area contributed by atoms with Gasteiger partial charge in [-0.05, 0) is 81.0 Å². The molecule has 1 aromatic heterocycles. The first kappa shape index (κ1) is 26.0. The predicted octanol–water partition coefficient (Wildman–Crippen LogP) is 6.86. The molecule has 0 aliphatic heterocycles. The van der Waals surface area contributed by atoms with Gasteiger partial charge in [-0.1, -0.05) is 36.4 Å². The van der Waals surface area contributed by atoms with Gasteiger partial charge in [-0.2, -0.15) is 0 Å². The van der Waals surface area contributed by atoms with Crippen molar-refractivity contribution >= 4 is 5.82 Å². The Morgan fingerprint density at radius 1 is 1.18 bits per heavy atom. The third kappa shape index (κ3) is 9.04. The minimum absolute atomic E-state index is 0.216. The molecule has 2 aromatic rings. The van der Waals surface area contributed by atoms with Crippen LogP contribution in [0.4, 0.5) is 19.0 Å². The number of rotatable bonds is 6. The number of nitrogens with two attached hydrogens (primary N) is 1. The van der Waals surface area contributed by atoms with Gasteiger partial charge < -0.3 is 16.0 Å². The molecule has 0 bridgehead atoms. The summed E-state index contributed by atoms with van der Waals surface area (Å²) in [6.07, 6.45) is 8.25. The van der Waals surface area contributed by atoms with Crippen LogP contribution < -0.4 is 11.1 Å². The molecular formula is C26H33F3N4. The van der Waals surface area contributed by atoms with Crippen molar-refractivity contribution in [3.63, 3.8) is 0 Å². The summed E-state index contributed by atoms with van der Waals surface area (Å²) in [5.74, 6) is 0.834. The van der Waals surface area contributed by atoms with Crippen molar-refractivity contribution in [1.29, 1.82) is 0 Å². The third-order valence-corrected chi connectivity index (χ3v) is 5.58. The first-order valence-electron chi connectivity index (χ1n) is 11.1. The summed E-state index contributed by atoms with van der Waals surface area (Å²) in [6.45, 7) is 5.20. The van der Waals surface area contributed by atoms with Crippen molar-refractivity contribution in [3.8, 4) is 0 Å². The van der Waals surface area contributed by atoms with Gasteiger partial charge in [-0.25, -0.2) is 13.2 Å². The second-order valence-corrected chi connectivity index (χ2v) is 7.87. The highest BCUT2D eigenvalue weighted by atomic mass is 19.3. The number of nitrogens with one attached hydrogen (secondary N) is 2. The Labute approximate surface area is 194 Å². The van der Waals surface area contributed by atoms with Crippen LogP contribution in [0.15, 0.2) is 79.3 Å². The largest absolute Gasteiger partial charge is 0.405 e. The summed E-state index contributed by atoms with van der Waals surface area (Å²) >= 11 is 0. The van der Waals surface area contributed by atoms with Crippen molar-refractivity contribution < 1.29 is 13.2 Å². The number of halogens is 3. The van der Waals surface area contributed by atoms with Crippen LogP contribution >= 0.6 is 0 Å². The maximum Gasteiger partial charge on any atom is 0.279 e. The van der Waals surface area contributed by atoms with Gasteiger partial charge in [0.1, 0.15) is 17.3 Å². The van der Waals surface area contributed by atoms with Gasteiger partial charge in [0.15, 0.2) is 0 Å². The molecule has 3 rings (SSSR count). The average molecular weight is 459 g/mol. The van der Waals surface area contributed by atoms with Gasteiger partial charge in [-0.3, -0.25) is 4.98 Å². The Balaban J connectivity index is 0.00000122. The first-order chi connectivity index (χ1) is 16.0. The number of anilines is 1. The normalized spacial score (nSPS) is 18.0. The standard InChI is InChI=1S/C24H28F3N3.C2H5N/c1-2-18(15-17-6-10-20(25)11-7-17)19-8-12-21(13-9-19)29-23-5-3-4-14-28-16-22(30-23)24(26)27;1-2-3/h2-7,10-11,14,16,19,21,24,29-30H,8-9,12-13,15H2,1H3;2H,1,3H2/b4-3?,18-2+,22-16?,23-5?,28-14?;. The van der Waals surface area contributed by atoms with Gasteiger partial charge >= 0.3 is 0 Å². The van der Waals surface area contributed by atoms with Crippen LogP contribution in [0, 0.1) is 11.7 Å². The Bertz CT molecular complexity index is 929. The summed E-state index contributed by atoms with van der Waals surface area (Å²) in [4.78, 5) is 6.63. The molecule has 0 atom stereocenters. The van der Waals surface area contributed by atoms with E-state index in [4.69, 9.17) is 0 Å². The van der Waals surface area contributed by atoms with Gasteiger partial charge in [0.05, 0.1) is 6.20 Å². The summed E-state index contributed by atoms with van der Waals surface area (Å²) in [7, 11) is 0. The molecule has 4 N–H and O–H groups in total. The van der Waals surface area contributed by atoms with Crippen molar-refractivity contribution in [2.45, 2.75) is 51.5 Å². The number of H-pyrrole nitrogens is 1. The van der Waals surface area contributed by atoms with E-state index in [-0.39, 0.29) is 17.6 Å². The Hall–Kier alpha value is -3.22. The van der Waals surface area contributed by atoms with E-state index in [1.54, 1.807) is 18.2 Å². The van der Waals surface area contributed by atoms with Gasteiger partial charge in [-0.15, -0.1) is 0 Å². The molecule has 1 fully saturated rings. The molecule has 0 radical (unpaired) electrons. The van der Waals surface area contributed by atoms with Crippen molar-refractivity contribution in [3.05, 3.63) is 96.4 Å². The van der Waals surface area contributed by atoms with E-state index in [0.717, 1.165) is 43.9 Å². The second-order valence-electron chi connectivity index (χ2n) is 7.87. The topological polar surface area (TPSA) is 66.7 Å². The zero-order valence-electron chi connectivity index (χ0n) is 19.0. The lowest BCUT2D eigenvalue weighted by Crippen LogP contribution is -2.27. The highest BCUT2D eigenvalue weighted by molar-refractivity contribution is 5.35. The molecule has 0 unspecified atom stereocenters. The van der Waals surface area contributed by atoms with Crippen molar-refractivity contribution in [2.24, 2.45) is 11.7 Å². The van der Waals surface area contributed by atoms with Crippen molar-refractivity contribution in [2.75, 3.05) is 5.32 Å². The van der Waals surface area contributed by atoms with Crippen LogP contribution in [-0.4, -0.2) is 16.0 Å². The maximum atomic E-state index is 13.2. The Kier molecular flexibility index (Phi) is 11.1. The third-order valence-electron chi connectivity index (χ3n) is 5.58. The van der Waals surface area contributed by atoms with Gasteiger partial charge in [0.25, 0.3) is 6.43 Å². The average Bonchev–Trinajstić information content (AvgIpc) is 2.92. The van der Waals surface area contributed by atoms with E-state index in [9.17, 15) is 13.2 Å². The van der Waals surface area contributed by atoms with E-state index in [2.05, 4.69) is 40.6 Å². The highest BCUT2D eigenvalue weighted by Gasteiger charge is 2.23. The monoisotopic (exact) mass is 458 g/mol. The quantitative estimate of drug-likeness (QED) is 0.414. The SMILES string of the molecule is C/C=C(\Cc1ccc(F)cc1)C1CCC(Nc2ccccncc(C(F)F)[nH]2)CC1.C=CN. The number of nitrogens with zero attached hydrogens (tertiary/aromatic N) is 1. The molecule has 0 amide bonds. The minimum atomic E-state index is -2.62. The molecule has 0 spiro atoms. The Morgan fingerprint density at radius 2 is 1.85 bits per heavy atom. The predicted molar refractivity (Wildman–Crippen MR) is 129 cm³/mol. The first-order valence-corrected chi connectivity index (χ1v) is 11.1. The smallest absolute Gasteiger partial charge is 0.279 e. The number of benzene rings is 1. The van der Waals surface area contributed by atoms with Crippen molar-refractivity contribution in [1.82, 2.24) is 9.97 Å². The zero-order valence-corrected chi connectivity index (χ0v) is 19.0. The lowest BCUT2D eigenvalue weighted by molar-refractivity contribution is 0.146. The second kappa shape index (κ2) is 14.0.